The first kappa shape index (κ1) is 20.0. The summed E-state index contributed by atoms with van der Waals surface area (Å²) >= 11 is 0. The standard InChI is InChI=1S/C20H22N2O5/c1-14(23)22(17-8-4-15(5-9-17)20(25)27-3)13-12-19(24)21-16-6-10-18(26-2)11-7-16/h4-11H,12-13H2,1-3H3,(H,21,24). The molecular formula is C20H22N2O5. The predicted molar refractivity (Wildman–Crippen MR) is 102 cm³/mol. The molecule has 0 aliphatic heterocycles. The Balaban J connectivity index is 1.98. The summed E-state index contributed by atoms with van der Waals surface area (Å²) in [5.41, 5.74) is 1.65. The first-order chi connectivity index (χ1) is 12.9. The Morgan fingerprint density at radius 1 is 0.963 bits per heavy atom. The van der Waals surface area contributed by atoms with Crippen LogP contribution in [-0.2, 0) is 14.3 Å². The Labute approximate surface area is 157 Å². The molecule has 0 aliphatic carbocycles. The lowest BCUT2D eigenvalue weighted by atomic mass is 10.2. The van der Waals surface area contributed by atoms with Gasteiger partial charge in [-0.3, -0.25) is 9.59 Å². The fraction of sp³-hybridized carbons (Fsp3) is 0.250. The topological polar surface area (TPSA) is 84.9 Å². The third-order valence-electron chi connectivity index (χ3n) is 3.92. The molecule has 2 amide bonds. The quantitative estimate of drug-likeness (QED) is 0.758. The number of methoxy groups -OCH3 is 2. The van der Waals surface area contributed by atoms with Gasteiger partial charge in [0.2, 0.25) is 11.8 Å². The maximum absolute atomic E-state index is 12.2. The Hall–Kier alpha value is -3.35. The lowest BCUT2D eigenvalue weighted by Gasteiger charge is -2.21. The van der Waals surface area contributed by atoms with Crippen molar-refractivity contribution in [1.82, 2.24) is 0 Å². The fourth-order valence-corrected chi connectivity index (χ4v) is 2.47. The van der Waals surface area contributed by atoms with E-state index in [-0.39, 0.29) is 24.8 Å². The van der Waals surface area contributed by atoms with Gasteiger partial charge in [0.1, 0.15) is 5.75 Å². The molecule has 0 saturated carbocycles. The van der Waals surface area contributed by atoms with Crippen LogP contribution in [0.4, 0.5) is 11.4 Å². The number of amides is 2. The highest BCUT2D eigenvalue weighted by Crippen LogP contribution is 2.18. The molecule has 0 heterocycles. The lowest BCUT2D eigenvalue weighted by Crippen LogP contribution is -2.32. The van der Waals surface area contributed by atoms with Gasteiger partial charge >= 0.3 is 5.97 Å². The smallest absolute Gasteiger partial charge is 0.337 e. The van der Waals surface area contributed by atoms with E-state index in [1.54, 1.807) is 55.6 Å². The second-order valence-corrected chi connectivity index (χ2v) is 5.74. The third-order valence-corrected chi connectivity index (χ3v) is 3.92. The Morgan fingerprint density at radius 2 is 1.59 bits per heavy atom. The summed E-state index contributed by atoms with van der Waals surface area (Å²) in [6.07, 6.45) is 0.129. The number of hydrogen-bond acceptors (Lipinski definition) is 5. The molecule has 27 heavy (non-hydrogen) atoms. The number of hydrogen-bond donors (Lipinski definition) is 1. The van der Waals surface area contributed by atoms with Crippen LogP contribution in [0.25, 0.3) is 0 Å². The van der Waals surface area contributed by atoms with E-state index < -0.39 is 5.97 Å². The minimum atomic E-state index is -0.449. The molecule has 1 N–H and O–H groups in total. The van der Waals surface area contributed by atoms with Gasteiger partial charge in [-0.2, -0.15) is 0 Å². The van der Waals surface area contributed by atoms with Gasteiger partial charge in [0.15, 0.2) is 0 Å². The van der Waals surface area contributed by atoms with E-state index in [1.807, 2.05) is 0 Å². The number of esters is 1. The molecule has 142 valence electrons. The van der Waals surface area contributed by atoms with Crippen molar-refractivity contribution in [2.45, 2.75) is 13.3 Å². The van der Waals surface area contributed by atoms with Gasteiger partial charge in [0, 0.05) is 31.3 Å². The number of rotatable bonds is 7. The third kappa shape index (κ3) is 5.57. The van der Waals surface area contributed by atoms with E-state index in [0.29, 0.717) is 22.7 Å². The zero-order valence-corrected chi connectivity index (χ0v) is 15.5. The maximum Gasteiger partial charge on any atom is 0.337 e. The fourth-order valence-electron chi connectivity index (χ4n) is 2.47. The van der Waals surface area contributed by atoms with Crippen LogP contribution in [0.3, 0.4) is 0 Å². The maximum atomic E-state index is 12.2. The highest BCUT2D eigenvalue weighted by atomic mass is 16.5. The number of benzene rings is 2. The van der Waals surface area contributed by atoms with Crippen molar-refractivity contribution in [2.75, 3.05) is 31.0 Å². The van der Waals surface area contributed by atoms with Crippen LogP contribution in [0.1, 0.15) is 23.7 Å². The number of nitrogens with zero attached hydrogens (tertiary/aromatic N) is 1. The first-order valence-electron chi connectivity index (χ1n) is 8.35. The molecule has 0 saturated heterocycles. The zero-order chi connectivity index (χ0) is 19.8. The highest BCUT2D eigenvalue weighted by molar-refractivity contribution is 5.95. The van der Waals surface area contributed by atoms with Crippen molar-refractivity contribution in [1.29, 1.82) is 0 Å². The van der Waals surface area contributed by atoms with Crippen LogP contribution in [-0.4, -0.2) is 38.5 Å². The molecule has 0 unspecified atom stereocenters. The number of carbonyl (C=O) groups is 3. The summed E-state index contributed by atoms with van der Waals surface area (Å²) in [7, 11) is 2.88. The summed E-state index contributed by atoms with van der Waals surface area (Å²) in [4.78, 5) is 37.1. The van der Waals surface area contributed by atoms with Crippen molar-refractivity contribution < 1.29 is 23.9 Å². The van der Waals surface area contributed by atoms with E-state index in [1.165, 1.54) is 18.9 Å². The summed E-state index contributed by atoms with van der Waals surface area (Å²) < 4.78 is 9.73. The Bertz CT molecular complexity index is 800. The Kier molecular flexibility index (Phi) is 6.93. The number of carbonyl (C=O) groups excluding carboxylic acids is 3. The second kappa shape index (κ2) is 9.38. The van der Waals surface area contributed by atoms with Crippen LogP contribution in [0, 0.1) is 0 Å². The monoisotopic (exact) mass is 370 g/mol. The van der Waals surface area contributed by atoms with Crippen LogP contribution in [0.2, 0.25) is 0 Å². The van der Waals surface area contributed by atoms with Crippen molar-refractivity contribution in [3.8, 4) is 5.75 Å². The van der Waals surface area contributed by atoms with Gasteiger partial charge in [-0.15, -0.1) is 0 Å². The SMILES string of the molecule is COC(=O)c1ccc(N(CCC(=O)Nc2ccc(OC)cc2)C(C)=O)cc1. The summed E-state index contributed by atoms with van der Waals surface area (Å²) in [6.45, 7) is 1.64. The van der Waals surface area contributed by atoms with Crippen LogP contribution >= 0.6 is 0 Å². The zero-order valence-electron chi connectivity index (χ0n) is 15.5. The van der Waals surface area contributed by atoms with E-state index in [2.05, 4.69) is 10.1 Å². The van der Waals surface area contributed by atoms with Gasteiger partial charge in [-0.1, -0.05) is 0 Å². The molecular weight excluding hydrogens is 348 g/mol. The molecule has 0 spiro atoms. The number of nitrogens with one attached hydrogen (secondary N) is 1. The molecule has 0 fully saturated rings. The molecule has 0 aromatic heterocycles. The summed E-state index contributed by atoms with van der Waals surface area (Å²) in [6, 6.07) is 13.4. The van der Waals surface area contributed by atoms with Crippen LogP contribution in [0.15, 0.2) is 48.5 Å². The molecule has 0 atom stereocenters. The van der Waals surface area contributed by atoms with Crippen molar-refractivity contribution >= 4 is 29.2 Å². The van der Waals surface area contributed by atoms with Gasteiger partial charge in [-0.05, 0) is 48.5 Å². The van der Waals surface area contributed by atoms with Crippen molar-refractivity contribution in [3.63, 3.8) is 0 Å². The van der Waals surface area contributed by atoms with Gasteiger partial charge < -0.3 is 19.7 Å². The number of anilines is 2. The lowest BCUT2D eigenvalue weighted by molar-refractivity contribution is -0.117. The molecule has 2 aromatic carbocycles. The molecule has 0 radical (unpaired) electrons. The van der Waals surface area contributed by atoms with Crippen molar-refractivity contribution in [2.24, 2.45) is 0 Å². The summed E-state index contributed by atoms with van der Waals surface area (Å²) in [5.74, 6) is -0.156. The highest BCUT2D eigenvalue weighted by Gasteiger charge is 2.15. The Morgan fingerprint density at radius 3 is 2.11 bits per heavy atom. The number of ether oxygens (including phenoxy) is 2. The van der Waals surface area contributed by atoms with Crippen molar-refractivity contribution in [3.05, 3.63) is 54.1 Å². The molecule has 2 rings (SSSR count). The molecule has 7 nitrogen and oxygen atoms in total. The normalized spacial score (nSPS) is 10.0. The van der Waals surface area contributed by atoms with Crippen LogP contribution < -0.4 is 15.0 Å². The predicted octanol–water partition coefficient (Wildman–Crippen LogP) is 2.86. The second-order valence-electron chi connectivity index (χ2n) is 5.74. The molecule has 0 aliphatic rings. The van der Waals surface area contributed by atoms with Crippen LogP contribution in [0.5, 0.6) is 5.75 Å². The molecule has 7 heteroatoms. The largest absolute Gasteiger partial charge is 0.497 e. The van der Waals surface area contributed by atoms with Gasteiger partial charge in [0.05, 0.1) is 19.8 Å². The van der Waals surface area contributed by atoms with E-state index >= 15 is 0 Å². The minimum absolute atomic E-state index is 0.129. The average molecular weight is 370 g/mol. The first-order valence-corrected chi connectivity index (χ1v) is 8.35. The van der Waals surface area contributed by atoms with Gasteiger partial charge in [0.25, 0.3) is 0 Å². The van der Waals surface area contributed by atoms with E-state index in [4.69, 9.17) is 4.74 Å². The van der Waals surface area contributed by atoms with Gasteiger partial charge in [-0.25, -0.2) is 4.79 Å². The molecule has 2 aromatic rings. The van der Waals surface area contributed by atoms with E-state index in [0.717, 1.165) is 0 Å². The average Bonchev–Trinajstić information content (AvgIpc) is 2.68. The molecule has 0 bridgehead atoms. The van der Waals surface area contributed by atoms with E-state index in [9.17, 15) is 14.4 Å². The summed E-state index contributed by atoms with van der Waals surface area (Å²) in [5, 5.41) is 2.78. The minimum Gasteiger partial charge on any atom is -0.497 e.